The molecule has 1 aromatic carbocycles. The first-order valence-corrected chi connectivity index (χ1v) is 7.49. The molecule has 0 aromatic heterocycles. The van der Waals surface area contributed by atoms with Crippen molar-refractivity contribution >= 4 is 11.6 Å². The first-order valence-electron chi connectivity index (χ1n) is 7.49. The molecular formula is C16H21F3N2O. The molecule has 1 fully saturated rings. The number of carbonyl (C=O) groups is 1. The maximum Gasteiger partial charge on any atom is 0.416 e. The number of anilines is 1. The maximum absolute atomic E-state index is 12.5. The molecule has 0 aliphatic carbocycles. The van der Waals surface area contributed by atoms with Gasteiger partial charge in [-0.25, -0.2) is 0 Å². The molecule has 2 unspecified atom stereocenters. The van der Waals surface area contributed by atoms with Gasteiger partial charge in [0.05, 0.1) is 11.6 Å². The minimum atomic E-state index is -4.36. The van der Waals surface area contributed by atoms with Crippen LogP contribution in [0, 0.1) is 5.92 Å². The van der Waals surface area contributed by atoms with Crippen LogP contribution in [0.1, 0.15) is 32.3 Å². The Kier molecular flexibility index (Phi) is 5.11. The fraction of sp³-hybridized carbons (Fsp3) is 0.562. The van der Waals surface area contributed by atoms with Crippen LogP contribution in [0.15, 0.2) is 24.3 Å². The van der Waals surface area contributed by atoms with E-state index in [4.69, 9.17) is 0 Å². The highest BCUT2D eigenvalue weighted by molar-refractivity contribution is 5.94. The summed E-state index contributed by atoms with van der Waals surface area (Å²) in [6.45, 7) is 5.75. The van der Waals surface area contributed by atoms with Gasteiger partial charge in [-0.15, -0.1) is 0 Å². The average Bonchev–Trinajstić information content (AvgIpc) is 2.46. The van der Waals surface area contributed by atoms with Crippen LogP contribution < -0.4 is 5.32 Å². The molecule has 0 radical (unpaired) electrons. The molecule has 6 heteroatoms. The Morgan fingerprint density at radius 1 is 1.32 bits per heavy atom. The molecule has 1 N–H and O–H groups in total. The van der Waals surface area contributed by atoms with Gasteiger partial charge in [0.1, 0.15) is 0 Å². The first-order chi connectivity index (χ1) is 10.3. The summed E-state index contributed by atoms with van der Waals surface area (Å²) in [5.74, 6) is 0.379. The molecule has 1 saturated heterocycles. The minimum absolute atomic E-state index is 0.186. The van der Waals surface area contributed by atoms with E-state index >= 15 is 0 Å². The molecule has 2 rings (SSSR count). The van der Waals surface area contributed by atoms with Crippen LogP contribution in [-0.4, -0.2) is 29.9 Å². The molecule has 1 aliphatic rings. The van der Waals surface area contributed by atoms with Gasteiger partial charge in [-0.3, -0.25) is 9.69 Å². The zero-order valence-electron chi connectivity index (χ0n) is 12.8. The minimum Gasteiger partial charge on any atom is -0.325 e. The first kappa shape index (κ1) is 16.8. The van der Waals surface area contributed by atoms with Crippen LogP contribution >= 0.6 is 0 Å². The highest BCUT2D eigenvalue weighted by Gasteiger charge is 2.30. The van der Waals surface area contributed by atoms with E-state index < -0.39 is 11.7 Å². The fourth-order valence-corrected chi connectivity index (χ4v) is 2.73. The predicted octanol–water partition coefficient (Wildman–Crippen LogP) is 3.76. The van der Waals surface area contributed by atoms with Gasteiger partial charge in [-0.2, -0.15) is 13.2 Å². The quantitative estimate of drug-likeness (QED) is 0.921. The smallest absolute Gasteiger partial charge is 0.325 e. The van der Waals surface area contributed by atoms with E-state index in [2.05, 4.69) is 17.1 Å². The standard InChI is InChI=1S/C16H21F3N2O/c1-11-4-3-9-21(10-11)12(2)15(22)20-14-7-5-13(6-8-14)16(17,18)19/h5-8,11-12H,3-4,9-10H2,1-2H3,(H,20,22). The average molecular weight is 314 g/mol. The molecule has 1 aliphatic heterocycles. The van der Waals surface area contributed by atoms with Crippen molar-refractivity contribution in [1.29, 1.82) is 0 Å². The lowest BCUT2D eigenvalue weighted by Gasteiger charge is -2.34. The molecular weight excluding hydrogens is 293 g/mol. The van der Waals surface area contributed by atoms with Gasteiger partial charge in [-0.1, -0.05) is 6.92 Å². The third-order valence-corrected chi connectivity index (χ3v) is 4.10. The number of alkyl halides is 3. The monoisotopic (exact) mass is 314 g/mol. The maximum atomic E-state index is 12.5. The van der Waals surface area contributed by atoms with Crippen molar-refractivity contribution in [2.24, 2.45) is 5.92 Å². The van der Waals surface area contributed by atoms with E-state index in [0.717, 1.165) is 31.6 Å². The van der Waals surface area contributed by atoms with Gasteiger partial charge in [0.25, 0.3) is 0 Å². The summed E-state index contributed by atoms with van der Waals surface area (Å²) in [4.78, 5) is 14.3. The normalized spacial score (nSPS) is 21.4. The summed E-state index contributed by atoms with van der Waals surface area (Å²) in [6, 6.07) is 4.23. The van der Waals surface area contributed by atoms with Gasteiger partial charge in [0.2, 0.25) is 5.91 Å². The van der Waals surface area contributed by atoms with Crippen LogP contribution in [0.5, 0.6) is 0 Å². The van der Waals surface area contributed by atoms with Crippen LogP contribution in [-0.2, 0) is 11.0 Å². The van der Waals surface area contributed by atoms with Crippen molar-refractivity contribution in [2.75, 3.05) is 18.4 Å². The molecule has 2 atom stereocenters. The number of nitrogens with one attached hydrogen (secondary N) is 1. The topological polar surface area (TPSA) is 32.3 Å². The number of hydrogen-bond acceptors (Lipinski definition) is 2. The van der Waals surface area contributed by atoms with Crippen LogP contribution in [0.25, 0.3) is 0 Å². The SMILES string of the molecule is CC1CCCN(C(C)C(=O)Nc2ccc(C(F)(F)F)cc2)C1. The third kappa shape index (κ3) is 4.22. The lowest BCUT2D eigenvalue weighted by atomic mass is 9.99. The summed E-state index contributed by atoms with van der Waals surface area (Å²) >= 11 is 0. The van der Waals surface area contributed by atoms with Crippen molar-refractivity contribution in [1.82, 2.24) is 4.90 Å². The van der Waals surface area contributed by atoms with E-state index in [1.807, 2.05) is 6.92 Å². The molecule has 0 spiro atoms. The van der Waals surface area contributed by atoms with E-state index in [9.17, 15) is 18.0 Å². The number of benzene rings is 1. The second-order valence-electron chi connectivity index (χ2n) is 5.98. The number of hydrogen-bond donors (Lipinski definition) is 1. The Morgan fingerprint density at radius 3 is 2.50 bits per heavy atom. The largest absolute Gasteiger partial charge is 0.416 e. The van der Waals surface area contributed by atoms with Crippen LogP contribution in [0.4, 0.5) is 18.9 Å². The predicted molar refractivity (Wildman–Crippen MR) is 79.5 cm³/mol. The number of likely N-dealkylation sites (tertiary alicyclic amines) is 1. The Morgan fingerprint density at radius 2 is 1.95 bits per heavy atom. The number of nitrogens with zero attached hydrogens (tertiary/aromatic N) is 1. The van der Waals surface area contributed by atoms with Crippen molar-refractivity contribution < 1.29 is 18.0 Å². The summed E-state index contributed by atoms with van der Waals surface area (Å²) < 4.78 is 37.5. The molecule has 22 heavy (non-hydrogen) atoms. The van der Waals surface area contributed by atoms with Crippen molar-refractivity contribution in [3.63, 3.8) is 0 Å². The Hall–Kier alpha value is -1.56. The number of halogens is 3. The second kappa shape index (κ2) is 6.69. The van der Waals surface area contributed by atoms with E-state index in [-0.39, 0.29) is 11.9 Å². The molecule has 0 saturated carbocycles. The highest BCUT2D eigenvalue weighted by atomic mass is 19.4. The zero-order chi connectivity index (χ0) is 16.3. The van der Waals surface area contributed by atoms with Gasteiger partial charge in [0, 0.05) is 12.2 Å². The number of amides is 1. The highest BCUT2D eigenvalue weighted by Crippen LogP contribution is 2.29. The Balaban J connectivity index is 1.96. The molecule has 122 valence electrons. The summed E-state index contributed by atoms with van der Waals surface area (Å²) in [7, 11) is 0. The second-order valence-corrected chi connectivity index (χ2v) is 5.98. The van der Waals surface area contributed by atoms with Gasteiger partial charge in [0.15, 0.2) is 0 Å². The number of piperidine rings is 1. The van der Waals surface area contributed by atoms with Crippen LogP contribution in [0.2, 0.25) is 0 Å². The fourth-order valence-electron chi connectivity index (χ4n) is 2.73. The van der Waals surface area contributed by atoms with Crippen molar-refractivity contribution in [3.8, 4) is 0 Å². The van der Waals surface area contributed by atoms with E-state index in [0.29, 0.717) is 11.6 Å². The van der Waals surface area contributed by atoms with Crippen molar-refractivity contribution in [3.05, 3.63) is 29.8 Å². The van der Waals surface area contributed by atoms with E-state index in [1.54, 1.807) is 0 Å². The molecule has 1 heterocycles. The molecule has 1 amide bonds. The summed E-state index contributed by atoms with van der Waals surface area (Å²) in [6.07, 6.45) is -2.12. The van der Waals surface area contributed by atoms with Gasteiger partial charge in [-0.05, 0) is 56.5 Å². The van der Waals surface area contributed by atoms with Crippen molar-refractivity contribution in [2.45, 2.75) is 38.9 Å². The third-order valence-electron chi connectivity index (χ3n) is 4.10. The Bertz CT molecular complexity index is 513. The van der Waals surface area contributed by atoms with Gasteiger partial charge < -0.3 is 5.32 Å². The number of carbonyl (C=O) groups excluding carboxylic acids is 1. The Labute approximate surface area is 128 Å². The molecule has 3 nitrogen and oxygen atoms in total. The summed E-state index contributed by atoms with van der Waals surface area (Å²) in [5, 5.41) is 2.68. The lowest BCUT2D eigenvalue weighted by Crippen LogP contribution is -2.46. The summed E-state index contributed by atoms with van der Waals surface area (Å²) in [5.41, 5.74) is -0.335. The van der Waals surface area contributed by atoms with E-state index in [1.165, 1.54) is 18.6 Å². The van der Waals surface area contributed by atoms with Crippen LogP contribution in [0.3, 0.4) is 0 Å². The molecule has 1 aromatic rings. The lowest BCUT2D eigenvalue weighted by molar-refractivity contribution is -0.137. The van der Waals surface area contributed by atoms with Gasteiger partial charge >= 0.3 is 6.18 Å². The zero-order valence-corrected chi connectivity index (χ0v) is 12.8. The molecule has 0 bridgehead atoms. The number of rotatable bonds is 3.